The molecule has 0 aliphatic rings. The molecule has 1 N–H and O–H groups in total. The number of nitriles is 1. The molecule has 78 valence electrons. The van der Waals surface area contributed by atoms with Gasteiger partial charge in [-0.15, -0.1) is 0 Å². The highest BCUT2D eigenvalue weighted by atomic mass is 15.0. The predicted molar refractivity (Wildman–Crippen MR) is 63.4 cm³/mol. The lowest BCUT2D eigenvalue weighted by molar-refractivity contribution is 1.15. The van der Waals surface area contributed by atoms with Gasteiger partial charge in [-0.05, 0) is 31.5 Å². The molecule has 0 unspecified atom stereocenters. The van der Waals surface area contributed by atoms with Gasteiger partial charge < -0.3 is 4.98 Å². The standard InChI is InChI=1S/C13H11N3/c1-8-9(2)16-12-6-4-3-5-11(12)15-13(16)10(8)7-14/h3-6,15H,1-2H3. The second kappa shape index (κ2) is 2.89. The zero-order valence-electron chi connectivity index (χ0n) is 9.20. The number of aryl methyl sites for hydroxylation is 1. The molecule has 3 heteroatoms. The number of imidazole rings is 1. The third kappa shape index (κ3) is 0.912. The summed E-state index contributed by atoms with van der Waals surface area (Å²) in [6.07, 6.45) is 0. The van der Waals surface area contributed by atoms with Gasteiger partial charge in [0.2, 0.25) is 0 Å². The summed E-state index contributed by atoms with van der Waals surface area (Å²) >= 11 is 0. The minimum Gasteiger partial charge on any atom is -0.339 e. The third-order valence-corrected chi connectivity index (χ3v) is 3.22. The number of aromatic nitrogens is 2. The molecule has 1 aromatic carbocycles. The minimum atomic E-state index is 0.744. The van der Waals surface area contributed by atoms with E-state index in [0.717, 1.165) is 33.5 Å². The Kier molecular flexibility index (Phi) is 1.64. The maximum Gasteiger partial charge on any atom is 0.133 e. The van der Waals surface area contributed by atoms with Gasteiger partial charge in [-0.3, -0.25) is 4.40 Å². The Morgan fingerprint density at radius 2 is 2.00 bits per heavy atom. The van der Waals surface area contributed by atoms with Gasteiger partial charge in [0.15, 0.2) is 0 Å². The molecule has 16 heavy (non-hydrogen) atoms. The van der Waals surface area contributed by atoms with Gasteiger partial charge in [0, 0.05) is 5.69 Å². The van der Waals surface area contributed by atoms with Crippen LogP contribution in [0.2, 0.25) is 0 Å². The number of aromatic amines is 1. The van der Waals surface area contributed by atoms with E-state index in [0.29, 0.717) is 0 Å². The molecule has 0 aliphatic heterocycles. The number of H-pyrrole nitrogens is 1. The minimum absolute atomic E-state index is 0.744. The Bertz CT molecular complexity index is 738. The van der Waals surface area contributed by atoms with Crippen LogP contribution < -0.4 is 0 Å². The topological polar surface area (TPSA) is 44.0 Å². The fourth-order valence-electron chi connectivity index (χ4n) is 2.26. The van der Waals surface area contributed by atoms with Gasteiger partial charge >= 0.3 is 0 Å². The van der Waals surface area contributed by atoms with Crippen LogP contribution in [0.5, 0.6) is 0 Å². The summed E-state index contributed by atoms with van der Waals surface area (Å²) in [6, 6.07) is 10.4. The monoisotopic (exact) mass is 209 g/mol. The van der Waals surface area contributed by atoms with E-state index >= 15 is 0 Å². The van der Waals surface area contributed by atoms with Crippen LogP contribution in [-0.4, -0.2) is 9.38 Å². The lowest BCUT2D eigenvalue weighted by Crippen LogP contribution is -1.84. The first-order valence-electron chi connectivity index (χ1n) is 5.22. The van der Waals surface area contributed by atoms with Gasteiger partial charge in [-0.1, -0.05) is 12.1 Å². The van der Waals surface area contributed by atoms with E-state index in [9.17, 15) is 5.26 Å². The SMILES string of the molecule is Cc1c(C#N)c2[nH]c3ccccc3n2c1C. The van der Waals surface area contributed by atoms with Crippen molar-refractivity contribution in [2.24, 2.45) is 0 Å². The highest BCUT2D eigenvalue weighted by molar-refractivity contribution is 5.84. The smallest absolute Gasteiger partial charge is 0.133 e. The van der Waals surface area contributed by atoms with Crippen molar-refractivity contribution < 1.29 is 0 Å². The van der Waals surface area contributed by atoms with E-state index in [4.69, 9.17) is 0 Å². The molecular formula is C13H11N3. The Morgan fingerprint density at radius 1 is 1.25 bits per heavy atom. The number of hydrogen-bond donors (Lipinski definition) is 1. The normalized spacial score (nSPS) is 11.1. The van der Waals surface area contributed by atoms with E-state index in [-0.39, 0.29) is 0 Å². The molecule has 0 bridgehead atoms. The summed E-state index contributed by atoms with van der Waals surface area (Å²) in [5, 5.41) is 9.17. The van der Waals surface area contributed by atoms with Crippen LogP contribution in [0.1, 0.15) is 16.8 Å². The Labute approximate surface area is 92.9 Å². The van der Waals surface area contributed by atoms with Crippen LogP contribution in [0.3, 0.4) is 0 Å². The summed E-state index contributed by atoms with van der Waals surface area (Å²) in [7, 11) is 0. The van der Waals surface area contributed by atoms with E-state index < -0.39 is 0 Å². The third-order valence-electron chi connectivity index (χ3n) is 3.22. The quantitative estimate of drug-likeness (QED) is 0.607. The lowest BCUT2D eigenvalue weighted by atomic mass is 10.2. The van der Waals surface area contributed by atoms with Gasteiger partial charge in [0.25, 0.3) is 0 Å². The molecule has 0 radical (unpaired) electrons. The summed E-state index contributed by atoms with van der Waals surface area (Å²) in [5.41, 5.74) is 6.02. The van der Waals surface area contributed by atoms with Crippen molar-refractivity contribution in [3.05, 3.63) is 41.1 Å². The fraction of sp³-hybridized carbons (Fsp3) is 0.154. The Hall–Kier alpha value is -2.21. The van der Waals surface area contributed by atoms with Crippen LogP contribution in [0.15, 0.2) is 24.3 Å². The van der Waals surface area contributed by atoms with Crippen molar-refractivity contribution >= 4 is 16.7 Å². The first-order valence-corrected chi connectivity index (χ1v) is 5.22. The van der Waals surface area contributed by atoms with E-state index in [1.807, 2.05) is 32.0 Å². The first kappa shape index (κ1) is 9.05. The lowest BCUT2D eigenvalue weighted by Gasteiger charge is -1.95. The molecule has 0 atom stereocenters. The van der Waals surface area contributed by atoms with Crippen LogP contribution in [0.25, 0.3) is 16.7 Å². The van der Waals surface area contributed by atoms with Crippen molar-refractivity contribution in [3.63, 3.8) is 0 Å². The largest absolute Gasteiger partial charge is 0.339 e. The number of nitrogens with zero attached hydrogens (tertiary/aromatic N) is 2. The summed E-state index contributed by atoms with van der Waals surface area (Å²) in [6.45, 7) is 4.03. The fourth-order valence-corrected chi connectivity index (χ4v) is 2.26. The van der Waals surface area contributed by atoms with Gasteiger partial charge in [-0.25, -0.2) is 0 Å². The molecule has 0 amide bonds. The summed E-state index contributed by atoms with van der Waals surface area (Å²) < 4.78 is 2.11. The molecule has 3 nitrogen and oxygen atoms in total. The molecular weight excluding hydrogens is 198 g/mol. The molecule has 0 aliphatic carbocycles. The number of hydrogen-bond acceptors (Lipinski definition) is 1. The van der Waals surface area contributed by atoms with Crippen molar-refractivity contribution in [3.8, 4) is 6.07 Å². The van der Waals surface area contributed by atoms with Crippen LogP contribution >= 0.6 is 0 Å². The highest BCUT2D eigenvalue weighted by Gasteiger charge is 2.15. The van der Waals surface area contributed by atoms with Gasteiger partial charge in [0.1, 0.15) is 11.7 Å². The van der Waals surface area contributed by atoms with Crippen LogP contribution in [0.4, 0.5) is 0 Å². The average Bonchev–Trinajstić information content (AvgIpc) is 2.77. The summed E-state index contributed by atoms with van der Waals surface area (Å²) in [5.74, 6) is 0. The first-order chi connectivity index (χ1) is 7.74. The molecule has 2 aromatic heterocycles. The number of nitrogens with one attached hydrogen (secondary N) is 1. The molecule has 3 aromatic rings. The maximum absolute atomic E-state index is 9.17. The predicted octanol–water partition coefficient (Wildman–Crippen LogP) is 2.91. The number of para-hydroxylation sites is 2. The molecule has 0 saturated carbocycles. The molecule has 2 heterocycles. The molecule has 0 fully saturated rings. The average molecular weight is 209 g/mol. The van der Waals surface area contributed by atoms with Gasteiger partial charge in [-0.2, -0.15) is 5.26 Å². The maximum atomic E-state index is 9.17. The number of rotatable bonds is 0. The van der Waals surface area contributed by atoms with Crippen molar-refractivity contribution in [2.45, 2.75) is 13.8 Å². The van der Waals surface area contributed by atoms with Gasteiger partial charge in [0.05, 0.1) is 16.6 Å². The zero-order valence-corrected chi connectivity index (χ0v) is 9.20. The zero-order chi connectivity index (χ0) is 11.3. The molecule has 3 rings (SSSR count). The molecule has 0 spiro atoms. The van der Waals surface area contributed by atoms with E-state index in [2.05, 4.69) is 21.5 Å². The van der Waals surface area contributed by atoms with Crippen molar-refractivity contribution in [2.75, 3.05) is 0 Å². The molecule has 0 saturated heterocycles. The second-order valence-electron chi connectivity index (χ2n) is 4.02. The van der Waals surface area contributed by atoms with Crippen LogP contribution in [0, 0.1) is 25.2 Å². The van der Waals surface area contributed by atoms with Crippen LogP contribution in [-0.2, 0) is 0 Å². The number of benzene rings is 1. The number of fused-ring (bicyclic) bond motifs is 3. The summed E-state index contributed by atoms with van der Waals surface area (Å²) in [4.78, 5) is 3.30. The highest BCUT2D eigenvalue weighted by Crippen LogP contribution is 2.26. The van der Waals surface area contributed by atoms with E-state index in [1.165, 1.54) is 0 Å². The van der Waals surface area contributed by atoms with Crippen molar-refractivity contribution in [1.82, 2.24) is 9.38 Å². The Morgan fingerprint density at radius 3 is 2.75 bits per heavy atom. The van der Waals surface area contributed by atoms with Crippen molar-refractivity contribution in [1.29, 1.82) is 5.26 Å². The van der Waals surface area contributed by atoms with E-state index in [1.54, 1.807) is 0 Å². The Balaban J connectivity index is 2.65. The second-order valence-corrected chi connectivity index (χ2v) is 4.02.